The van der Waals surface area contributed by atoms with Gasteiger partial charge < -0.3 is 9.15 Å². The molecule has 0 fully saturated rings. The van der Waals surface area contributed by atoms with Crippen molar-refractivity contribution in [1.29, 1.82) is 5.39 Å². The Kier molecular flexibility index (Phi) is 5.71. The zero-order valence-corrected chi connectivity index (χ0v) is 10.8. The van der Waals surface area contributed by atoms with Gasteiger partial charge in [-0.2, -0.15) is 0 Å². The smallest absolute Gasteiger partial charge is 0.305 e. The molecule has 0 spiro atoms. The van der Waals surface area contributed by atoms with Crippen LogP contribution in [0.5, 0.6) is 5.75 Å². The number of rotatable bonds is 7. The summed E-state index contributed by atoms with van der Waals surface area (Å²) >= 11 is 0. The van der Waals surface area contributed by atoms with Gasteiger partial charge in [0.05, 0.1) is 13.7 Å². The van der Waals surface area contributed by atoms with E-state index in [2.05, 4.69) is 12.0 Å². The van der Waals surface area contributed by atoms with Gasteiger partial charge in [0.2, 0.25) is 11.2 Å². The minimum absolute atomic E-state index is 0.164. The third kappa shape index (κ3) is 4.09. The number of diazo groups is 1. The summed E-state index contributed by atoms with van der Waals surface area (Å²) in [5.74, 6) is 0.604. The van der Waals surface area contributed by atoms with Crippen molar-refractivity contribution in [3.8, 4) is 5.75 Å². The zero-order valence-electron chi connectivity index (χ0n) is 10.8. The number of unbranched alkanes of at least 4 members (excludes halogenated alkanes) is 2. The fourth-order valence-electron chi connectivity index (χ4n) is 1.55. The quantitative estimate of drug-likeness (QED) is 0.423. The van der Waals surface area contributed by atoms with Crippen molar-refractivity contribution in [2.24, 2.45) is 0 Å². The second-order valence-corrected chi connectivity index (χ2v) is 3.96. The summed E-state index contributed by atoms with van der Waals surface area (Å²) < 4.78 is 10.0. The largest absolute Gasteiger partial charge is 0.490 e. The minimum atomic E-state index is -0.245. The third-order valence-electron chi connectivity index (χ3n) is 2.56. The summed E-state index contributed by atoms with van der Waals surface area (Å²) in [6, 6.07) is 1.34. The topological polar surface area (TPSA) is 70.8 Å². The van der Waals surface area contributed by atoms with Gasteiger partial charge in [-0.1, -0.05) is 19.8 Å². The Labute approximate surface area is 106 Å². The van der Waals surface area contributed by atoms with Gasteiger partial charge in [-0.25, -0.2) is 0 Å². The fraction of sp³-hybridized carbons (Fsp3) is 0.583. The van der Waals surface area contributed by atoms with Crippen molar-refractivity contribution < 1.29 is 9.15 Å². The van der Waals surface area contributed by atoms with Gasteiger partial charge in [0.15, 0.2) is 6.54 Å². The van der Waals surface area contributed by atoms with E-state index in [9.17, 15) is 4.79 Å². The molecule has 98 valence electrons. The summed E-state index contributed by atoms with van der Waals surface area (Å²) in [6.07, 6.45) is 4.36. The van der Waals surface area contributed by atoms with Crippen LogP contribution in [0, 0.1) is 5.39 Å². The highest BCUT2D eigenvalue weighted by molar-refractivity contribution is 5.17. The Balaban J connectivity index is 2.62. The molecule has 0 N–H and O–H groups in total. The van der Waals surface area contributed by atoms with E-state index in [0.29, 0.717) is 12.3 Å². The molecule has 0 saturated heterocycles. The van der Waals surface area contributed by atoms with Gasteiger partial charge in [-0.3, -0.25) is 4.79 Å². The van der Waals surface area contributed by atoms with E-state index in [0.717, 1.165) is 19.3 Å². The van der Waals surface area contributed by atoms with Gasteiger partial charge in [0.25, 0.3) is 5.39 Å². The molecular formula is C12H18N3O3+. The van der Waals surface area contributed by atoms with Crippen molar-refractivity contribution in [3.05, 3.63) is 33.4 Å². The van der Waals surface area contributed by atoms with E-state index >= 15 is 0 Å². The predicted molar refractivity (Wildman–Crippen MR) is 66.5 cm³/mol. The Bertz CT molecular complexity index is 464. The molecule has 1 aromatic heterocycles. The Hall–Kier alpha value is -2.03. The van der Waals surface area contributed by atoms with E-state index in [1.165, 1.54) is 24.4 Å². The van der Waals surface area contributed by atoms with E-state index < -0.39 is 0 Å². The van der Waals surface area contributed by atoms with Crippen LogP contribution < -0.4 is 10.2 Å². The second kappa shape index (κ2) is 7.33. The summed E-state index contributed by atoms with van der Waals surface area (Å²) in [5.41, 5.74) is -0.245. The van der Waals surface area contributed by atoms with E-state index in [1.54, 1.807) is 0 Å². The SMILES string of the molecule is CCCCCN(Cc1cc(=O)c(OC)co1)[N+]#N. The molecule has 1 rings (SSSR count). The van der Waals surface area contributed by atoms with Gasteiger partial charge in [0, 0.05) is 6.07 Å². The molecule has 6 nitrogen and oxygen atoms in total. The second-order valence-electron chi connectivity index (χ2n) is 3.96. The normalized spacial score (nSPS) is 9.83. The molecule has 18 heavy (non-hydrogen) atoms. The first-order chi connectivity index (χ1) is 8.71. The van der Waals surface area contributed by atoms with E-state index in [4.69, 9.17) is 14.5 Å². The van der Waals surface area contributed by atoms with Gasteiger partial charge in [-0.15, -0.1) is 0 Å². The summed E-state index contributed by atoms with van der Waals surface area (Å²) in [4.78, 5) is 11.5. The first-order valence-corrected chi connectivity index (χ1v) is 5.97. The maximum atomic E-state index is 11.5. The van der Waals surface area contributed by atoms with Crippen LogP contribution in [0.4, 0.5) is 0 Å². The Morgan fingerprint density at radius 2 is 2.28 bits per heavy atom. The van der Waals surface area contributed by atoms with Crippen LogP contribution in [-0.2, 0) is 6.54 Å². The molecule has 1 aromatic rings. The predicted octanol–water partition coefficient (Wildman–Crippen LogP) is 2.41. The number of nitrogens with zero attached hydrogens (tertiary/aromatic N) is 3. The fourth-order valence-corrected chi connectivity index (χ4v) is 1.55. The summed E-state index contributed by atoms with van der Waals surface area (Å²) in [5, 5.41) is 13.5. The average molecular weight is 252 g/mol. The highest BCUT2D eigenvalue weighted by atomic mass is 16.5. The molecule has 0 saturated carbocycles. The third-order valence-corrected chi connectivity index (χ3v) is 2.56. The molecule has 0 atom stereocenters. The van der Waals surface area contributed by atoms with Crippen LogP contribution in [-0.4, -0.2) is 18.7 Å². The first kappa shape index (κ1) is 14.0. The number of methoxy groups -OCH3 is 1. The highest BCUT2D eigenvalue weighted by Crippen LogP contribution is 2.09. The van der Waals surface area contributed by atoms with Crippen LogP contribution in [0.15, 0.2) is 21.5 Å². The lowest BCUT2D eigenvalue weighted by molar-refractivity contribution is 0.300. The number of hydrogen-bond acceptors (Lipinski definition) is 5. The summed E-state index contributed by atoms with van der Waals surface area (Å²) in [6.45, 7) is 2.99. The lowest BCUT2D eigenvalue weighted by atomic mass is 10.2. The van der Waals surface area contributed by atoms with Gasteiger partial charge in [-0.05, 0) is 11.4 Å². The maximum Gasteiger partial charge on any atom is 0.305 e. The molecule has 0 amide bonds. The van der Waals surface area contributed by atoms with Crippen molar-refractivity contribution in [1.82, 2.24) is 5.01 Å². The Morgan fingerprint density at radius 1 is 1.50 bits per heavy atom. The minimum Gasteiger partial charge on any atom is -0.490 e. The standard InChI is InChI=1S/C12H18N3O3/c1-3-4-5-6-15(14-13)8-10-7-11(16)12(17-2)9-18-10/h7,9H,3-6,8H2,1-2H3/q+1. The number of hydrogen-bond donors (Lipinski definition) is 0. The molecule has 1 heterocycles. The van der Waals surface area contributed by atoms with Crippen molar-refractivity contribution in [2.45, 2.75) is 32.7 Å². The van der Waals surface area contributed by atoms with Crippen LogP contribution in [0.1, 0.15) is 31.9 Å². The average Bonchev–Trinajstić information content (AvgIpc) is 2.38. The molecule has 0 radical (unpaired) electrons. The van der Waals surface area contributed by atoms with Crippen LogP contribution in [0.3, 0.4) is 0 Å². The van der Waals surface area contributed by atoms with E-state index in [-0.39, 0.29) is 17.7 Å². The Morgan fingerprint density at radius 3 is 2.83 bits per heavy atom. The molecule has 0 aromatic carbocycles. The van der Waals surface area contributed by atoms with Gasteiger partial charge >= 0.3 is 5.08 Å². The first-order valence-electron chi connectivity index (χ1n) is 5.97. The van der Waals surface area contributed by atoms with Gasteiger partial charge in [0.1, 0.15) is 12.0 Å². The van der Waals surface area contributed by atoms with Crippen LogP contribution in [0.2, 0.25) is 0 Å². The lowest BCUT2D eigenvalue weighted by Gasteiger charge is -2.04. The highest BCUT2D eigenvalue weighted by Gasteiger charge is 2.16. The zero-order chi connectivity index (χ0) is 13.4. The molecule has 0 aliphatic carbocycles. The van der Waals surface area contributed by atoms with E-state index in [1.807, 2.05) is 0 Å². The molecule has 0 unspecified atom stereocenters. The summed E-state index contributed by atoms with van der Waals surface area (Å²) in [7, 11) is 1.41. The molecular weight excluding hydrogens is 234 g/mol. The molecule has 0 bridgehead atoms. The maximum absolute atomic E-state index is 11.5. The van der Waals surface area contributed by atoms with Crippen molar-refractivity contribution in [3.63, 3.8) is 0 Å². The monoisotopic (exact) mass is 252 g/mol. The molecule has 0 aliphatic heterocycles. The lowest BCUT2D eigenvalue weighted by Crippen LogP contribution is -2.17. The molecule has 6 heteroatoms. The molecule has 0 aliphatic rings. The van der Waals surface area contributed by atoms with Crippen molar-refractivity contribution >= 4 is 0 Å². The van der Waals surface area contributed by atoms with Crippen LogP contribution >= 0.6 is 0 Å². The van der Waals surface area contributed by atoms with Crippen LogP contribution in [0.25, 0.3) is 5.08 Å². The van der Waals surface area contributed by atoms with Crippen molar-refractivity contribution in [2.75, 3.05) is 13.7 Å². The number of ether oxygens (including phenoxy) is 1.